The number of hydrogen-bond acceptors (Lipinski definition) is 6. The first-order valence-corrected chi connectivity index (χ1v) is 8.02. The first-order valence-electron chi connectivity index (χ1n) is 6.82. The molecular formula is C14H19ClN2O3S. The van der Waals surface area contributed by atoms with Crippen molar-refractivity contribution in [2.75, 3.05) is 38.8 Å². The number of fused-ring (bicyclic) bond motifs is 1. The van der Waals surface area contributed by atoms with E-state index in [0.717, 1.165) is 15.3 Å². The van der Waals surface area contributed by atoms with Crippen molar-refractivity contribution in [2.45, 2.75) is 13.8 Å². The molecule has 0 aliphatic rings. The van der Waals surface area contributed by atoms with Crippen LogP contribution in [0.3, 0.4) is 0 Å². The summed E-state index contributed by atoms with van der Waals surface area (Å²) in [7, 11) is 1.67. The fraction of sp³-hybridized carbons (Fsp3) is 0.500. The van der Waals surface area contributed by atoms with Crippen LogP contribution >= 0.6 is 22.9 Å². The van der Waals surface area contributed by atoms with Gasteiger partial charge in [0.1, 0.15) is 10.2 Å². The van der Waals surface area contributed by atoms with E-state index in [1.54, 1.807) is 13.2 Å². The van der Waals surface area contributed by atoms with Gasteiger partial charge in [0.15, 0.2) is 16.6 Å². The van der Waals surface area contributed by atoms with Gasteiger partial charge in [-0.2, -0.15) is 0 Å². The van der Waals surface area contributed by atoms with Crippen LogP contribution in [0.1, 0.15) is 13.8 Å². The second-order valence-corrected chi connectivity index (χ2v) is 5.57. The fourth-order valence-corrected chi connectivity index (χ4v) is 3.18. The average Bonchev–Trinajstić information content (AvgIpc) is 2.88. The van der Waals surface area contributed by atoms with Crippen LogP contribution in [0.2, 0.25) is 5.02 Å². The van der Waals surface area contributed by atoms with Crippen molar-refractivity contribution < 1.29 is 14.2 Å². The lowest BCUT2D eigenvalue weighted by molar-refractivity contribution is 0.211. The van der Waals surface area contributed by atoms with Gasteiger partial charge < -0.3 is 19.5 Å². The van der Waals surface area contributed by atoms with Crippen LogP contribution in [-0.2, 0) is 4.74 Å². The number of ether oxygens (including phenoxy) is 3. The predicted molar refractivity (Wildman–Crippen MR) is 87.3 cm³/mol. The highest BCUT2D eigenvalue weighted by atomic mass is 35.5. The first-order chi connectivity index (χ1) is 10.2. The molecule has 0 radical (unpaired) electrons. The van der Waals surface area contributed by atoms with Crippen LogP contribution < -0.4 is 14.8 Å². The summed E-state index contributed by atoms with van der Waals surface area (Å²) in [5.74, 6) is 1.36. The maximum Gasteiger partial charge on any atom is 0.184 e. The van der Waals surface area contributed by atoms with E-state index in [0.29, 0.717) is 42.9 Å². The zero-order chi connectivity index (χ0) is 15.2. The van der Waals surface area contributed by atoms with E-state index in [9.17, 15) is 0 Å². The molecule has 1 N–H and O–H groups in total. The topological polar surface area (TPSA) is 52.6 Å². The number of hydrogen-bond donors (Lipinski definition) is 1. The van der Waals surface area contributed by atoms with Crippen LogP contribution in [0.15, 0.2) is 6.07 Å². The zero-order valence-electron chi connectivity index (χ0n) is 12.4. The Hall–Kier alpha value is -1.24. The predicted octanol–water partition coefficient (Wildman–Crippen LogP) is 3.81. The summed E-state index contributed by atoms with van der Waals surface area (Å²) in [6.45, 7) is 6.29. The molecule has 7 heteroatoms. The molecule has 0 fully saturated rings. The molecule has 0 saturated heterocycles. The van der Waals surface area contributed by atoms with Crippen molar-refractivity contribution in [3.8, 4) is 11.5 Å². The van der Waals surface area contributed by atoms with Gasteiger partial charge in [-0.05, 0) is 13.8 Å². The normalized spacial score (nSPS) is 10.9. The Balaban J connectivity index is 2.42. The molecule has 0 atom stereocenters. The van der Waals surface area contributed by atoms with Gasteiger partial charge >= 0.3 is 0 Å². The minimum absolute atomic E-state index is 0.555. The van der Waals surface area contributed by atoms with E-state index in [1.165, 1.54) is 11.3 Å². The van der Waals surface area contributed by atoms with Crippen molar-refractivity contribution in [3.05, 3.63) is 11.1 Å². The molecule has 116 valence electrons. The lowest BCUT2D eigenvalue weighted by Gasteiger charge is -2.11. The molecule has 21 heavy (non-hydrogen) atoms. The van der Waals surface area contributed by atoms with Crippen molar-refractivity contribution in [2.24, 2.45) is 0 Å². The monoisotopic (exact) mass is 330 g/mol. The third-order valence-corrected chi connectivity index (χ3v) is 4.01. The van der Waals surface area contributed by atoms with Crippen molar-refractivity contribution >= 4 is 38.3 Å². The quantitative estimate of drug-likeness (QED) is 0.746. The molecule has 1 aromatic carbocycles. The maximum absolute atomic E-state index is 6.30. The van der Waals surface area contributed by atoms with E-state index in [-0.39, 0.29) is 0 Å². The number of anilines is 1. The van der Waals surface area contributed by atoms with Crippen LogP contribution in [0.25, 0.3) is 10.2 Å². The largest absolute Gasteiger partial charge is 0.490 e. The van der Waals surface area contributed by atoms with Gasteiger partial charge in [0.2, 0.25) is 0 Å². The standard InChI is InChI=1S/C14H19ClN2O3S/c1-4-19-10-8-9(15)11-13(12(10)20-5-2)21-14(17-11)16-6-7-18-3/h8H,4-7H2,1-3H3,(H,16,17). The Kier molecular flexibility index (Phi) is 5.90. The SMILES string of the molecule is CCOc1cc(Cl)c2nc(NCCOC)sc2c1OCC. The van der Waals surface area contributed by atoms with Gasteiger partial charge in [-0.1, -0.05) is 22.9 Å². The third kappa shape index (κ3) is 3.70. The molecular weight excluding hydrogens is 312 g/mol. The molecule has 1 aromatic heterocycles. The average molecular weight is 331 g/mol. The lowest BCUT2D eigenvalue weighted by Crippen LogP contribution is -2.06. The van der Waals surface area contributed by atoms with Crippen LogP contribution in [0.4, 0.5) is 5.13 Å². The Morgan fingerprint density at radius 3 is 2.71 bits per heavy atom. The summed E-state index contributed by atoms with van der Waals surface area (Å²) < 4.78 is 17.3. The Morgan fingerprint density at radius 2 is 2.05 bits per heavy atom. The molecule has 2 aromatic rings. The third-order valence-electron chi connectivity index (χ3n) is 2.71. The van der Waals surface area contributed by atoms with Crippen molar-refractivity contribution in [1.29, 1.82) is 0 Å². The lowest BCUT2D eigenvalue weighted by atomic mass is 10.3. The summed E-state index contributed by atoms with van der Waals surface area (Å²) in [6.07, 6.45) is 0. The number of halogens is 1. The molecule has 2 rings (SSSR count). The van der Waals surface area contributed by atoms with E-state index in [1.807, 2.05) is 13.8 Å². The minimum atomic E-state index is 0.555. The molecule has 5 nitrogen and oxygen atoms in total. The maximum atomic E-state index is 6.30. The molecule has 0 aliphatic carbocycles. The number of rotatable bonds is 8. The van der Waals surface area contributed by atoms with Crippen molar-refractivity contribution in [3.63, 3.8) is 0 Å². The van der Waals surface area contributed by atoms with Gasteiger partial charge in [-0.25, -0.2) is 4.98 Å². The highest BCUT2D eigenvalue weighted by molar-refractivity contribution is 7.22. The molecule has 0 spiro atoms. The molecule has 0 bridgehead atoms. The van der Waals surface area contributed by atoms with E-state index in [2.05, 4.69) is 10.3 Å². The highest BCUT2D eigenvalue weighted by Gasteiger charge is 2.18. The highest BCUT2D eigenvalue weighted by Crippen LogP contribution is 2.44. The summed E-state index contributed by atoms with van der Waals surface area (Å²) >= 11 is 7.80. The first kappa shape index (κ1) is 16.1. The summed E-state index contributed by atoms with van der Waals surface area (Å²) in [6, 6.07) is 1.76. The van der Waals surface area contributed by atoms with Gasteiger partial charge in [-0.3, -0.25) is 0 Å². The van der Waals surface area contributed by atoms with Crippen LogP contribution in [0.5, 0.6) is 11.5 Å². The summed E-state index contributed by atoms with van der Waals surface area (Å²) in [4.78, 5) is 4.51. The van der Waals surface area contributed by atoms with Gasteiger partial charge in [0, 0.05) is 19.7 Å². The second kappa shape index (κ2) is 7.68. The van der Waals surface area contributed by atoms with Gasteiger partial charge in [0.25, 0.3) is 0 Å². The Labute approximate surface area is 133 Å². The van der Waals surface area contributed by atoms with Crippen molar-refractivity contribution in [1.82, 2.24) is 4.98 Å². The zero-order valence-corrected chi connectivity index (χ0v) is 13.9. The number of thiazole rings is 1. The summed E-state index contributed by atoms with van der Waals surface area (Å²) in [5.41, 5.74) is 0.730. The van der Waals surface area contributed by atoms with E-state index in [4.69, 9.17) is 25.8 Å². The second-order valence-electron chi connectivity index (χ2n) is 4.17. The Bertz CT molecular complexity index is 603. The number of aromatic nitrogens is 1. The fourth-order valence-electron chi connectivity index (χ4n) is 1.88. The summed E-state index contributed by atoms with van der Waals surface area (Å²) in [5, 5.41) is 4.56. The molecule has 1 heterocycles. The smallest absolute Gasteiger partial charge is 0.184 e. The number of benzene rings is 1. The number of methoxy groups -OCH3 is 1. The van der Waals surface area contributed by atoms with Gasteiger partial charge in [-0.15, -0.1) is 0 Å². The van der Waals surface area contributed by atoms with Crippen LogP contribution in [0, 0.1) is 0 Å². The number of nitrogens with zero attached hydrogens (tertiary/aromatic N) is 1. The van der Waals surface area contributed by atoms with Crippen LogP contribution in [-0.4, -0.2) is 38.5 Å². The number of nitrogens with one attached hydrogen (secondary N) is 1. The molecule has 0 saturated carbocycles. The minimum Gasteiger partial charge on any atom is -0.490 e. The van der Waals surface area contributed by atoms with Gasteiger partial charge in [0.05, 0.1) is 24.8 Å². The van der Waals surface area contributed by atoms with E-state index < -0.39 is 0 Å². The molecule has 0 amide bonds. The van der Waals surface area contributed by atoms with E-state index >= 15 is 0 Å². The molecule has 0 aliphatic heterocycles. The Morgan fingerprint density at radius 1 is 1.29 bits per heavy atom. The molecule has 0 unspecified atom stereocenters.